The highest BCUT2D eigenvalue weighted by molar-refractivity contribution is 7.17. The summed E-state index contributed by atoms with van der Waals surface area (Å²) in [7, 11) is 1.31. The molecule has 134 valence electrons. The maximum Gasteiger partial charge on any atom is 0.350 e. The Morgan fingerprint density at radius 1 is 1.20 bits per heavy atom. The second-order valence-electron chi connectivity index (χ2n) is 5.46. The lowest BCUT2D eigenvalue weighted by Gasteiger charge is -2.06. The molecule has 0 bridgehead atoms. The predicted octanol–water partition coefficient (Wildman–Crippen LogP) is 4.06. The van der Waals surface area contributed by atoms with Gasteiger partial charge in [0.15, 0.2) is 5.13 Å². The van der Waals surface area contributed by atoms with Crippen LogP contribution < -0.4 is 10.1 Å². The zero-order valence-electron chi connectivity index (χ0n) is 14.6. The zero-order valence-corrected chi connectivity index (χ0v) is 15.4. The summed E-state index contributed by atoms with van der Waals surface area (Å²) in [5.74, 6) is -0.00602. The fraction of sp³-hybridized carbons (Fsp3) is 0.389. The average molecular weight is 362 g/mol. The smallest absolute Gasteiger partial charge is 0.350 e. The normalized spacial score (nSPS) is 10.4. The van der Waals surface area contributed by atoms with Crippen LogP contribution in [0.25, 0.3) is 0 Å². The molecule has 2 rings (SSSR count). The summed E-state index contributed by atoms with van der Waals surface area (Å²) in [6, 6.07) is 6.94. The van der Waals surface area contributed by atoms with Gasteiger partial charge in [0.2, 0.25) is 0 Å². The molecule has 1 heterocycles. The molecule has 0 aliphatic heterocycles. The SMILES string of the molecule is CCCCCOc1ccc(C(=O)Nc2nc(C)c(C(=O)OC)s2)cc1. The van der Waals surface area contributed by atoms with Crippen LogP contribution in [-0.2, 0) is 4.74 Å². The zero-order chi connectivity index (χ0) is 18.2. The van der Waals surface area contributed by atoms with Gasteiger partial charge in [-0.05, 0) is 37.6 Å². The molecule has 25 heavy (non-hydrogen) atoms. The molecular formula is C18H22N2O4S. The molecule has 0 radical (unpaired) electrons. The topological polar surface area (TPSA) is 77.5 Å². The van der Waals surface area contributed by atoms with Gasteiger partial charge >= 0.3 is 5.97 Å². The molecule has 0 saturated carbocycles. The van der Waals surface area contributed by atoms with Crippen molar-refractivity contribution in [3.8, 4) is 5.75 Å². The minimum Gasteiger partial charge on any atom is -0.494 e. The fourth-order valence-electron chi connectivity index (χ4n) is 2.15. The van der Waals surface area contributed by atoms with Crippen molar-refractivity contribution >= 4 is 28.3 Å². The van der Waals surface area contributed by atoms with E-state index in [-0.39, 0.29) is 5.91 Å². The van der Waals surface area contributed by atoms with E-state index in [2.05, 4.69) is 22.0 Å². The molecule has 6 nitrogen and oxygen atoms in total. The molecule has 1 aromatic carbocycles. The molecule has 0 spiro atoms. The van der Waals surface area contributed by atoms with Crippen molar-refractivity contribution in [2.75, 3.05) is 19.0 Å². The van der Waals surface area contributed by atoms with Gasteiger partial charge in [0.25, 0.3) is 5.91 Å². The van der Waals surface area contributed by atoms with Crippen molar-refractivity contribution in [2.45, 2.75) is 33.1 Å². The molecule has 2 aromatic rings. The maximum atomic E-state index is 12.3. The van der Waals surface area contributed by atoms with Crippen LogP contribution in [0, 0.1) is 6.92 Å². The van der Waals surface area contributed by atoms with Crippen LogP contribution in [0.2, 0.25) is 0 Å². The summed E-state index contributed by atoms with van der Waals surface area (Å²) < 4.78 is 10.3. The summed E-state index contributed by atoms with van der Waals surface area (Å²) >= 11 is 1.09. The standard InChI is InChI=1S/C18H22N2O4S/c1-4-5-6-11-24-14-9-7-13(8-10-14)16(21)20-18-19-12(2)15(25-18)17(22)23-3/h7-10H,4-6,11H2,1-3H3,(H,19,20,21). The molecule has 0 fully saturated rings. The highest BCUT2D eigenvalue weighted by Gasteiger charge is 2.17. The van der Waals surface area contributed by atoms with Crippen LogP contribution in [0.15, 0.2) is 24.3 Å². The molecule has 1 amide bonds. The first-order chi connectivity index (χ1) is 12.0. The summed E-state index contributed by atoms with van der Waals surface area (Å²) in [4.78, 5) is 28.4. The molecular weight excluding hydrogens is 340 g/mol. The number of ether oxygens (including phenoxy) is 2. The largest absolute Gasteiger partial charge is 0.494 e. The van der Waals surface area contributed by atoms with E-state index in [4.69, 9.17) is 4.74 Å². The number of esters is 1. The van der Waals surface area contributed by atoms with Gasteiger partial charge in [-0.15, -0.1) is 0 Å². The van der Waals surface area contributed by atoms with Gasteiger partial charge in [0, 0.05) is 5.56 Å². The lowest BCUT2D eigenvalue weighted by Crippen LogP contribution is -2.11. The number of unbranched alkanes of at least 4 members (excludes halogenated alkanes) is 2. The van der Waals surface area contributed by atoms with Crippen molar-refractivity contribution in [3.05, 3.63) is 40.4 Å². The number of hydrogen-bond donors (Lipinski definition) is 1. The van der Waals surface area contributed by atoms with Gasteiger partial charge in [-0.25, -0.2) is 9.78 Å². The van der Waals surface area contributed by atoms with Crippen LogP contribution in [0.5, 0.6) is 5.75 Å². The Labute approximate surface area is 151 Å². The van der Waals surface area contributed by atoms with Crippen molar-refractivity contribution in [1.82, 2.24) is 4.98 Å². The Morgan fingerprint density at radius 2 is 1.92 bits per heavy atom. The highest BCUT2D eigenvalue weighted by Crippen LogP contribution is 2.24. The van der Waals surface area contributed by atoms with Crippen LogP contribution >= 0.6 is 11.3 Å². The summed E-state index contributed by atoms with van der Waals surface area (Å²) in [5.41, 5.74) is 1.02. The third-order valence-electron chi connectivity index (χ3n) is 3.52. The van der Waals surface area contributed by atoms with Crippen LogP contribution in [0.1, 0.15) is 51.9 Å². The van der Waals surface area contributed by atoms with Gasteiger partial charge < -0.3 is 9.47 Å². The lowest BCUT2D eigenvalue weighted by atomic mass is 10.2. The van der Waals surface area contributed by atoms with Gasteiger partial charge in [-0.2, -0.15) is 0 Å². The van der Waals surface area contributed by atoms with E-state index in [1.807, 2.05) is 0 Å². The van der Waals surface area contributed by atoms with Gasteiger partial charge in [0.05, 0.1) is 19.4 Å². The molecule has 0 unspecified atom stereocenters. The summed E-state index contributed by atoms with van der Waals surface area (Å²) in [6.45, 7) is 4.52. The first kappa shape index (κ1) is 18.9. The monoisotopic (exact) mass is 362 g/mol. The number of rotatable bonds is 8. The maximum absolute atomic E-state index is 12.3. The third kappa shape index (κ3) is 5.29. The van der Waals surface area contributed by atoms with Crippen molar-refractivity contribution in [2.24, 2.45) is 0 Å². The quantitative estimate of drug-likeness (QED) is 0.566. The first-order valence-electron chi connectivity index (χ1n) is 8.15. The second kappa shape index (κ2) is 9.17. The van der Waals surface area contributed by atoms with Crippen LogP contribution in [0.4, 0.5) is 5.13 Å². The summed E-state index contributed by atoms with van der Waals surface area (Å²) in [6.07, 6.45) is 3.31. The van der Waals surface area contributed by atoms with Gasteiger partial charge in [-0.1, -0.05) is 31.1 Å². The Kier molecular flexibility index (Phi) is 6.94. The lowest BCUT2D eigenvalue weighted by molar-refractivity contribution is 0.0605. The Balaban J connectivity index is 1.95. The molecule has 0 aliphatic rings. The van der Waals surface area contributed by atoms with E-state index < -0.39 is 5.97 Å². The minimum absolute atomic E-state index is 0.289. The average Bonchev–Trinajstić information content (AvgIpc) is 2.98. The number of aromatic nitrogens is 1. The van der Waals surface area contributed by atoms with E-state index in [0.717, 1.165) is 36.3 Å². The van der Waals surface area contributed by atoms with E-state index in [9.17, 15) is 9.59 Å². The minimum atomic E-state index is -0.458. The Bertz CT molecular complexity index is 725. The number of benzene rings is 1. The third-order valence-corrected chi connectivity index (χ3v) is 4.57. The number of thiazole rings is 1. The molecule has 7 heteroatoms. The number of anilines is 1. The van der Waals surface area contributed by atoms with Gasteiger partial charge in [-0.3, -0.25) is 10.1 Å². The van der Waals surface area contributed by atoms with Crippen LogP contribution in [0.3, 0.4) is 0 Å². The second-order valence-corrected chi connectivity index (χ2v) is 6.46. The van der Waals surface area contributed by atoms with E-state index in [1.54, 1.807) is 31.2 Å². The Morgan fingerprint density at radius 3 is 2.56 bits per heavy atom. The number of methoxy groups -OCH3 is 1. The number of nitrogens with zero attached hydrogens (tertiary/aromatic N) is 1. The fourth-order valence-corrected chi connectivity index (χ4v) is 3.03. The van der Waals surface area contributed by atoms with Crippen LogP contribution in [-0.4, -0.2) is 30.6 Å². The van der Waals surface area contributed by atoms with Gasteiger partial charge in [0.1, 0.15) is 10.6 Å². The van der Waals surface area contributed by atoms with E-state index in [0.29, 0.717) is 27.9 Å². The molecule has 1 N–H and O–H groups in total. The number of carbonyl (C=O) groups is 2. The molecule has 0 aliphatic carbocycles. The van der Waals surface area contributed by atoms with Crippen molar-refractivity contribution in [1.29, 1.82) is 0 Å². The number of hydrogen-bond acceptors (Lipinski definition) is 6. The number of aryl methyl sites for hydroxylation is 1. The summed E-state index contributed by atoms with van der Waals surface area (Å²) in [5, 5.41) is 3.06. The highest BCUT2D eigenvalue weighted by atomic mass is 32.1. The van der Waals surface area contributed by atoms with Crippen molar-refractivity contribution < 1.29 is 19.1 Å². The predicted molar refractivity (Wildman–Crippen MR) is 97.6 cm³/mol. The number of amides is 1. The first-order valence-corrected chi connectivity index (χ1v) is 8.96. The number of carbonyl (C=O) groups excluding carboxylic acids is 2. The molecule has 1 aromatic heterocycles. The molecule has 0 atom stereocenters. The molecule has 0 saturated heterocycles. The van der Waals surface area contributed by atoms with Crippen molar-refractivity contribution in [3.63, 3.8) is 0 Å². The Hall–Kier alpha value is -2.41. The van der Waals surface area contributed by atoms with E-state index in [1.165, 1.54) is 7.11 Å². The number of nitrogens with one attached hydrogen (secondary N) is 1. The van der Waals surface area contributed by atoms with E-state index >= 15 is 0 Å².